The predicted molar refractivity (Wildman–Crippen MR) is 76.5 cm³/mol. The molecular weight excluding hydrogens is 266 g/mol. The summed E-state index contributed by atoms with van der Waals surface area (Å²) in [5.41, 5.74) is 1.25. The van der Waals surface area contributed by atoms with E-state index in [1.165, 1.54) is 5.56 Å². The summed E-state index contributed by atoms with van der Waals surface area (Å²) in [6.07, 6.45) is 0. The molecule has 0 aliphatic rings. The van der Waals surface area contributed by atoms with E-state index < -0.39 is 0 Å². The van der Waals surface area contributed by atoms with E-state index in [4.69, 9.17) is 5.11 Å². The second-order valence-electron chi connectivity index (χ2n) is 4.35. The van der Waals surface area contributed by atoms with Crippen LogP contribution in [0.5, 0.6) is 0 Å². The Morgan fingerprint density at radius 3 is 2.78 bits per heavy atom. The number of aliphatic hydroxyl groups excluding tert-OH is 1. The number of aromatic nitrogens is 2. The zero-order valence-electron chi connectivity index (χ0n) is 10.5. The second-order valence-corrected chi connectivity index (χ2v) is 6.12. The topological polar surface area (TPSA) is 49.2 Å². The average Bonchev–Trinajstić information content (AvgIpc) is 2.99. The molecule has 0 aliphatic carbocycles. The lowest BCUT2D eigenvalue weighted by Gasteiger charge is -2.19. The van der Waals surface area contributed by atoms with Crippen LogP contribution in [0.25, 0.3) is 0 Å². The Kier molecular flexibility index (Phi) is 4.68. The van der Waals surface area contributed by atoms with E-state index in [1.54, 1.807) is 22.7 Å². The van der Waals surface area contributed by atoms with Crippen molar-refractivity contribution in [1.82, 2.24) is 10.2 Å². The lowest BCUT2D eigenvalue weighted by molar-refractivity contribution is 0.301. The van der Waals surface area contributed by atoms with Crippen LogP contribution in [0.2, 0.25) is 0 Å². The molecule has 0 unspecified atom stereocenters. The maximum Gasteiger partial charge on any atom is 0.208 e. The molecule has 0 bridgehead atoms. The van der Waals surface area contributed by atoms with Crippen LogP contribution in [0, 0.1) is 0 Å². The number of hydrogen-bond acceptors (Lipinski definition) is 6. The quantitative estimate of drug-likeness (QED) is 0.885. The van der Waals surface area contributed by atoms with Gasteiger partial charge in [-0.25, -0.2) is 0 Å². The van der Waals surface area contributed by atoms with Gasteiger partial charge < -0.3 is 10.0 Å². The monoisotopic (exact) mass is 283 g/mol. The molecule has 0 amide bonds. The minimum absolute atomic E-state index is 0.126. The van der Waals surface area contributed by atoms with Gasteiger partial charge in [0.25, 0.3) is 0 Å². The first-order valence-corrected chi connectivity index (χ1v) is 7.67. The van der Waals surface area contributed by atoms with E-state index in [9.17, 15) is 0 Å². The Morgan fingerprint density at radius 2 is 2.22 bits per heavy atom. The molecule has 18 heavy (non-hydrogen) atoms. The maximum absolute atomic E-state index is 9.16. The van der Waals surface area contributed by atoms with E-state index >= 15 is 0 Å². The molecular formula is C12H17N3OS2. The van der Waals surface area contributed by atoms with Crippen molar-refractivity contribution in [2.45, 2.75) is 26.3 Å². The molecule has 0 spiro atoms. The van der Waals surface area contributed by atoms with Crippen molar-refractivity contribution in [3.63, 3.8) is 0 Å². The fourth-order valence-electron chi connectivity index (χ4n) is 1.55. The molecule has 0 saturated heterocycles. The van der Waals surface area contributed by atoms with Crippen LogP contribution in [-0.4, -0.2) is 28.5 Å². The van der Waals surface area contributed by atoms with Crippen LogP contribution < -0.4 is 4.90 Å². The van der Waals surface area contributed by atoms with Crippen molar-refractivity contribution in [2.75, 3.05) is 18.1 Å². The largest absolute Gasteiger partial charge is 0.395 e. The first-order valence-electron chi connectivity index (χ1n) is 5.91. The van der Waals surface area contributed by atoms with Gasteiger partial charge in [-0.05, 0) is 22.4 Å². The fourth-order valence-corrected chi connectivity index (χ4v) is 3.08. The maximum atomic E-state index is 9.16. The molecule has 0 fully saturated rings. The zero-order chi connectivity index (χ0) is 13.0. The highest BCUT2D eigenvalue weighted by Gasteiger charge is 2.14. The molecule has 1 N–H and O–H groups in total. The highest BCUT2D eigenvalue weighted by atomic mass is 32.1. The van der Waals surface area contributed by atoms with Crippen molar-refractivity contribution in [3.8, 4) is 0 Å². The van der Waals surface area contributed by atoms with Gasteiger partial charge in [0.05, 0.1) is 6.61 Å². The van der Waals surface area contributed by atoms with E-state index in [0.717, 1.165) is 16.7 Å². The van der Waals surface area contributed by atoms with Crippen LogP contribution in [0.1, 0.15) is 30.3 Å². The third kappa shape index (κ3) is 3.28. The lowest BCUT2D eigenvalue weighted by atomic mass is 10.2. The minimum atomic E-state index is 0.126. The van der Waals surface area contributed by atoms with Gasteiger partial charge in [0.15, 0.2) is 0 Å². The molecule has 2 aromatic rings. The molecule has 0 aliphatic heterocycles. The van der Waals surface area contributed by atoms with E-state index in [2.05, 4.69) is 45.8 Å². The lowest BCUT2D eigenvalue weighted by Crippen LogP contribution is -2.25. The van der Waals surface area contributed by atoms with Crippen LogP contribution in [0.3, 0.4) is 0 Å². The van der Waals surface area contributed by atoms with Crippen molar-refractivity contribution >= 4 is 27.8 Å². The second kappa shape index (κ2) is 6.26. The summed E-state index contributed by atoms with van der Waals surface area (Å²) in [5, 5.41) is 23.7. The van der Waals surface area contributed by atoms with Gasteiger partial charge >= 0.3 is 0 Å². The zero-order valence-corrected chi connectivity index (χ0v) is 12.2. The molecule has 0 radical (unpaired) electrons. The Morgan fingerprint density at radius 1 is 1.39 bits per heavy atom. The number of nitrogens with zero attached hydrogens (tertiary/aromatic N) is 3. The normalized spacial score (nSPS) is 11.1. The highest BCUT2D eigenvalue weighted by molar-refractivity contribution is 7.15. The molecule has 4 nitrogen and oxygen atoms in total. The van der Waals surface area contributed by atoms with Gasteiger partial charge in [-0.1, -0.05) is 25.2 Å². The van der Waals surface area contributed by atoms with Crippen LogP contribution in [0.4, 0.5) is 5.13 Å². The van der Waals surface area contributed by atoms with Crippen molar-refractivity contribution < 1.29 is 5.11 Å². The van der Waals surface area contributed by atoms with Gasteiger partial charge in [0.2, 0.25) is 5.13 Å². The third-order valence-corrected chi connectivity index (χ3v) is 4.53. The number of anilines is 1. The van der Waals surface area contributed by atoms with Crippen molar-refractivity contribution in [1.29, 1.82) is 0 Å². The summed E-state index contributed by atoms with van der Waals surface area (Å²) in [7, 11) is 0. The number of hydrogen-bond donors (Lipinski definition) is 1. The molecule has 2 heterocycles. The Labute approximate surface area is 115 Å². The van der Waals surface area contributed by atoms with Gasteiger partial charge in [0, 0.05) is 19.0 Å². The smallest absolute Gasteiger partial charge is 0.208 e. The Bertz CT molecular complexity index is 467. The molecule has 0 atom stereocenters. The van der Waals surface area contributed by atoms with E-state index in [-0.39, 0.29) is 6.61 Å². The molecule has 6 heteroatoms. The average molecular weight is 283 g/mol. The molecule has 2 aromatic heterocycles. The number of aliphatic hydroxyl groups is 1. The van der Waals surface area contributed by atoms with Crippen molar-refractivity contribution in [2.24, 2.45) is 0 Å². The van der Waals surface area contributed by atoms with Gasteiger partial charge in [-0.2, -0.15) is 11.3 Å². The first kappa shape index (κ1) is 13.5. The summed E-state index contributed by atoms with van der Waals surface area (Å²) in [6.45, 7) is 5.71. The number of rotatable bonds is 6. The third-order valence-electron chi connectivity index (χ3n) is 2.52. The summed E-state index contributed by atoms with van der Waals surface area (Å²) < 4.78 is 0. The van der Waals surface area contributed by atoms with Crippen LogP contribution in [0.15, 0.2) is 16.8 Å². The molecule has 2 rings (SSSR count). The summed E-state index contributed by atoms with van der Waals surface area (Å²) >= 11 is 3.29. The Hall–Kier alpha value is -0.980. The van der Waals surface area contributed by atoms with Gasteiger partial charge in [-0.15, -0.1) is 10.2 Å². The fraction of sp³-hybridized carbons (Fsp3) is 0.500. The van der Waals surface area contributed by atoms with Crippen LogP contribution in [-0.2, 0) is 6.54 Å². The first-order chi connectivity index (χ1) is 8.70. The molecule has 0 saturated carbocycles. The highest BCUT2D eigenvalue weighted by Crippen LogP contribution is 2.26. The Balaban J connectivity index is 2.13. The van der Waals surface area contributed by atoms with E-state index in [0.29, 0.717) is 12.5 Å². The van der Waals surface area contributed by atoms with E-state index in [1.807, 2.05) is 0 Å². The summed E-state index contributed by atoms with van der Waals surface area (Å²) in [5.74, 6) is 0.397. The summed E-state index contributed by atoms with van der Waals surface area (Å²) in [4.78, 5) is 2.08. The number of thiophene rings is 1. The molecule has 98 valence electrons. The SMILES string of the molecule is CC(C)c1nnc(N(CCO)Cc2ccsc2)s1. The minimum Gasteiger partial charge on any atom is -0.395 e. The van der Waals surface area contributed by atoms with Gasteiger partial charge in [0.1, 0.15) is 5.01 Å². The van der Waals surface area contributed by atoms with Gasteiger partial charge in [-0.3, -0.25) is 0 Å². The van der Waals surface area contributed by atoms with Crippen molar-refractivity contribution in [3.05, 3.63) is 27.4 Å². The molecule has 0 aromatic carbocycles. The summed E-state index contributed by atoms with van der Waals surface area (Å²) in [6, 6.07) is 2.10. The predicted octanol–water partition coefficient (Wildman–Crippen LogP) is 2.72. The van der Waals surface area contributed by atoms with Crippen LogP contribution >= 0.6 is 22.7 Å². The standard InChI is InChI=1S/C12H17N3OS2/c1-9(2)11-13-14-12(18-11)15(4-5-16)7-10-3-6-17-8-10/h3,6,8-9,16H,4-5,7H2,1-2H3.